The first-order valence-electron chi connectivity index (χ1n) is 7.44. The van der Waals surface area contributed by atoms with Crippen molar-refractivity contribution in [2.24, 2.45) is 0 Å². The molecule has 3 rings (SSSR count). The summed E-state index contributed by atoms with van der Waals surface area (Å²) in [4.78, 5) is 12.0. The highest BCUT2D eigenvalue weighted by Crippen LogP contribution is 2.25. The molecule has 5 nitrogen and oxygen atoms in total. The summed E-state index contributed by atoms with van der Waals surface area (Å²) in [5.74, 6) is 0.383. The average molecular weight is 429 g/mol. The number of carbonyl (C=O) groups is 1. The Labute approximate surface area is 169 Å². The Kier molecular flexibility index (Phi) is 6.43. The fourth-order valence-corrected chi connectivity index (χ4v) is 3.05. The third-order valence-electron chi connectivity index (χ3n) is 3.25. The number of hydrogen-bond donors (Lipinski definition) is 1. The minimum absolute atomic E-state index is 0.128. The molecule has 0 atom stereocenters. The molecular formula is C17H12Cl3N3O2S. The van der Waals surface area contributed by atoms with Gasteiger partial charge in [0.25, 0.3) is 5.22 Å². The number of thioether (sulfide) groups is 1. The third-order valence-corrected chi connectivity index (χ3v) is 5.06. The summed E-state index contributed by atoms with van der Waals surface area (Å²) in [6, 6.07) is 12.3. The molecule has 0 aliphatic carbocycles. The van der Waals surface area contributed by atoms with Crippen molar-refractivity contribution in [3.63, 3.8) is 0 Å². The van der Waals surface area contributed by atoms with E-state index in [2.05, 4.69) is 15.5 Å². The Morgan fingerprint density at radius 2 is 1.81 bits per heavy atom. The lowest BCUT2D eigenvalue weighted by Crippen LogP contribution is -2.13. The van der Waals surface area contributed by atoms with Crippen molar-refractivity contribution in [3.8, 4) is 0 Å². The first-order chi connectivity index (χ1) is 12.5. The maximum absolute atomic E-state index is 12.0. The van der Waals surface area contributed by atoms with Gasteiger partial charge in [-0.05, 0) is 35.9 Å². The smallest absolute Gasteiger partial charge is 0.277 e. The molecule has 0 fully saturated rings. The van der Waals surface area contributed by atoms with Gasteiger partial charge in [-0.15, -0.1) is 10.2 Å². The molecule has 1 N–H and O–H groups in total. The number of rotatable bonds is 6. The molecule has 0 unspecified atom stereocenters. The highest BCUT2D eigenvalue weighted by molar-refractivity contribution is 7.99. The minimum Gasteiger partial charge on any atom is -0.416 e. The summed E-state index contributed by atoms with van der Waals surface area (Å²) >= 11 is 18.8. The quantitative estimate of drug-likeness (QED) is 0.536. The van der Waals surface area contributed by atoms with Crippen molar-refractivity contribution < 1.29 is 9.21 Å². The fraction of sp³-hybridized carbons (Fsp3) is 0.118. The van der Waals surface area contributed by atoms with Gasteiger partial charge >= 0.3 is 0 Å². The number of hydrogen-bond acceptors (Lipinski definition) is 5. The Hall–Kier alpha value is -1.73. The van der Waals surface area contributed by atoms with Crippen molar-refractivity contribution in [2.45, 2.75) is 11.6 Å². The van der Waals surface area contributed by atoms with E-state index in [0.717, 1.165) is 17.3 Å². The van der Waals surface area contributed by atoms with Crippen molar-refractivity contribution >= 4 is 58.2 Å². The molecule has 0 aliphatic rings. The second-order valence-electron chi connectivity index (χ2n) is 5.23. The predicted molar refractivity (Wildman–Crippen MR) is 104 cm³/mol. The molecule has 9 heteroatoms. The number of benzene rings is 2. The van der Waals surface area contributed by atoms with Crippen LogP contribution in [0, 0.1) is 0 Å². The summed E-state index contributed by atoms with van der Waals surface area (Å²) in [6.45, 7) is 0. The molecule has 0 saturated heterocycles. The predicted octanol–water partition coefficient (Wildman–Crippen LogP) is 5.35. The van der Waals surface area contributed by atoms with Crippen molar-refractivity contribution in [1.82, 2.24) is 10.2 Å². The zero-order valence-corrected chi connectivity index (χ0v) is 16.3. The number of nitrogens with one attached hydrogen (secondary N) is 1. The Bertz CT molecular complexity index is 916. The molecule has 1 heterocycles. The van der Waals surface area contributed by atoms with Crippen LogP contribution in [0.4, 0.5) is 5.69 Å². The highest BCUT2D eigenvalue weighted by Gasteiger charge is 2.11. The van der Waals surface area contributed by atoms with Crippen LogP contribution in [0.5, 0.6) is 0 Å². The van der Waals surface area contributed by atoms with E-state index in [1.807, 2.05) is 12.1 Å². The second-order valence-corrected chi connectivity index (χ2v) is 7.41. The molecule has 1 amide bonds. The van der Waals surface area contributed by atoms with Crippen molar-refractivity contribution in [2.75, 3.05) is 11.1 Å². The number of aromatic nitrogens is 2. The maximum atomic E-state index is 12.0. The molecule has 0 saturated carbocycles. The number of carbonyl (C=O) groups excluding carboxylic acids is 1. The molecule has 0 radical (unpaired) electrons. The average Bonchev–Trinajstić information content (AvgIpc) is 3.06. The molecule has 2 aromatic carbocycles. The summed E-state index contributed by atoms with van der Waals surface area (Å²) in [5.41, 5.74) is 1.57. The van der Waals surface area contributed by atoms with Gasteiger partial charge in [0.15, 0.2) is 0 Å². The van der Waals surface area contributed by atoms with E-state index >= 15 is 0 Å². The van der Waals surface area contributed by atoms with Crippen LogP contribution in [0.15, 0.2) is 52.1 Å². The Morgan fingerprint density at radius 1 is 1.04 bits per heavy atom. The van der Waals surface area contributed by atoms with Crippen LogP contribution in [-0.4, -0.2) is 21.9 Å². The zero-order chi connectivity index (χ0) is 18.5. The van der Waals surface area contributed by atoms with Gasteiger partial charge in [0.05, 0.1) is 22.2 Å². The van der Waals surface area contributed by atoms with Crippen LogP contribution < -0.4 is 5.32 Å². The van der Waals surface area contributed by atoms with Gasteiger partial charge in [-0.2, -0.15) is 0 Å². The van der Waals surface area contributed by atoms with Gasteiger partial charge in [0.2, 0.25) is 11.8 Å². The molecule has 26 heavy (non-hydrogen) atoms. The standard InChI is InChI=1S/C17H12Cl3N3O2S/c18-11-3-1-10(2-4-11)7-16-22-23-17(25-16)26-9-15(24)21-12-5-6-13(19)14(20)8-12/h1-6,8H,7,9H2,(H,21,24). The van der Waals surface area contributed by atoms with E-state index in [1.165, 1.54) is 0 Å². The van der Waals surface area contributed by atoms with Crippen molar-refractivity contribution in [3.05, 3.63) is 69.0 Å². The first-order valence-corrected chi connectivity index (χ1v) is 9.56. The van der Waals surface area contributed by atoms with Crippen LogP contribution in [0.1, 0.15) is 11.5 Å². The van der Waals surface area contributed by atoms with Crippen molar-refractivity contribution in [1.29, 1.82) is 0 Å². The molecular weight excluding hydrogens is 417 g/mol. The zero-order valence-electron chi connectivity index (χ0n) is 13.2. The molecule has 1 aromatic heterocycles. The SMILES string of the molecule is O=C(CSc1nnc(Cc2ccc(Cl)cc2)o1)Nc1ccc(Cl)c(Cl)c1. The lowest BCUT2D eigenvalue weighted by atomic mass is 10.1. The van der Waals surface area contributed by atoms with E-state index in [0.29, 0.717) is 38.3 Å². The Morgan fingerprint density at radius 3 is 2.54 bits per heavy atom. The summed E-state index contributed by atoms with van der Waals surface area (Å²) in [7, 11) is 0. The largest absolute Gasteiger partial charge is 0.416 e. The van der Waals surface area contributed by atoms with Crippen LogP contribution in [0.2, 0.25) is 15.1 Å². The molecule has 134 valence electrons. The molecule has 0 spiro atoms. The lowest BCUT2D eigenvalue weighted by molar-refractivity contribution is -0.113. The molecule has 3 aromatic rings. The van der Waals surface area contributed by atoms with Gasteiger partial charge in [-0.3, -0.25) is 4.79 Å². The van der Waals surface area contributed by atoms with E-state index in [1.54, 1.807) is 30.3 Å². The highest BCUT2D eigenvalue weighted by atomic mass is 35.5. The normalized spacial score (nSPS) is 10.7. The van der Waals surface area contributed by atoms with Gasteiger partial charge in [0, 0.05) is 10.7 Å². The van der Waals surface area contributed by atoms with E-state index in [-0.39, 0.29) is 11.7 Å². The molecule has 0 aliphatic heterocycles. The number of anilines is 1. The van der Waals surface area contributed by atoms with Crippen LogP contribution in [0.25, 0.3) is 0 Å². The topological polar surface area (TPSA) is 68.0 Å². The fourth-order valence-electron chi connectivity index (χ4n) is 2.04. The second kappa shape index (κ2) is 8.77. The number of amides is 1. The summed E-state index contributed by atoms with van der Waals surface area (Å²) < 4.78 is 5.54. The maximum Gasteiger partial charge on any atom is 0.277 e. The third kappa shape index (κ3) is 5.38. The van der Waals surface area contributed by atoms with Gasteiger partial charge in [-0.25, -0.2) is 0 Å². The van der Waals surface area contributed by atoms with E-state index in [4.69, 9.17) is 39.2 Å². The van der Waals surface area contributed by atoms with E-state index < -0.39 is 0 Å². The summed E-state index contributed by atoms with van der Waals surface area (Å²) in [6.07, 6.45) is 0.500. The van der Waals surface area contributed by atoms with Gasteiger partial charge in [0.1, 0.15) is 0 Å². The van der Waals surface area contributed by atoms with Crippen LogP contribution in [-0.2, 0) is 11.2 Å². The van der Waals surface area contributed by atoms with E-state index in [9.17, 15) is 4.79 Å². The lowest BCUT2D eigenvalue weighted by Gasteiger charge is -2.05. The summed E-state index contributed by atoms with van der Waals surface area (Å²) in [5, 5.41) is 12.5. The number of halogens is 3. The van der Waals surface area contributed by atoms with Crippen LogP contribution >= 0.6 is 46.6 Å². The molecule has 0 bridgehead atoms. The Balaban J connectivity index is 1.51. The van der Waals surface area contributed by atoms with Crippen LogP contribution in [0.3, 0.4) is 0 Å². The monoisotopic (exact) mass is 427 g/mol. The minimum atomic E-state index is -0.217. The number of nitrogens with zero attached hydrogens (tertiary/aromatic N) is 2. The van der Waals surface area contributed by atoms with Gasteiger partial charge < -0.3 is 9.73 Å². The van der Waals surface area contributed by atoms with Gasteiger partial charge in [-0.1, -0.05) is 58.7 Å². The first kappa shape index (κ1) is 19.0.